The molecule has 0 saturated carbocycles. The SMILES string of the molecule is CCc1ccccc1OCC(=O)Nc1nc2ccc(C)cc2s1. The van der Waals surface area contributed by atoms with Crippen LogP contribution in [0.15, 0.2) is 42.5 Å². The van der Waals surface area contributed by atoms with Crippen molar-refractivity contribution in [3.05, 3.63) is 53.6 Å². The van der Waals surface area contributed by atoms with Gasteiger partial charge in [0.05, 0.1) is 10.2 Å². The number of hydrogen-bond donors (Lipinski definition) is 1. The van der Waals surface area contributed by atoms with E-state index in [9.17, 15) is 4.79 Å². The van der Waals surface area contributed by atoms with Gasteiger partial charge in [0, 0.05) is 0 Å². The Morgan fingerprint density at radius 3 is 2.91 bits per heavy atom. The Hall–Kier alpha value is -2.40. The Balaban J connectivity index is 1.64. The van der Waals surface area contributed by atoms with Gasteiger partial charge in [-0.3, -0.25) is 10.1 Å². The van der Waals surface area contributed by atoms with Crippen LogP contribution < -0.4 is 10.1 Å². The third-order valence-electron chi connectivity index (χ3n) is 3.50. The van der Waals surface area contributed by atoms with E-state index in [0.717, 1.165) is 28.0 Å². The third kappa shape index (κ3) is 3.68. The predicted octanol–water partition coefficient (Wildman–Crippen LogP) is 4.18. The number of anilines is 1. The van der Waals surface area contributed by atoms with E-state index >= 15 is 0 Å². The summed E-state index contributed by atoms with van der Waals surface area (Å²) >= 11 is 1.47. The molecule has 0 aliphatic rings. The number of carbonyl (C=O) groups is 1. The summed E-state index contributed by atoms with van der Waals surface area (Å²) in [7, 11) is 0. The summed E-state index contributed by atoms with van der Waals surface area (Å²) < 4.78 is 6.69. The second kappa shape index (κ2) is 6.79. The molecular formula is C18H18N2O2S. The Bertz CT molecular complexity index is 842. The summed E-state index contributed by atoms with van der Waals surface area (Å²) in [4.78, 5) is 16.5. The first-order valence-electron chi connectivity index (χ1n) is 7.53. The first kappa shape index (κ1) is 15.5. The maximum absolute atomic E-state index is 12.1. The highest BCUT2D eigenvalue weighted by molar-refractivity contribution is 7.22. The summed E-state index contributed by atoms with van der Waals surface area (Å²) in [5, 5.41) is 3.40. The highest BCUT2D eigenvalue weighted by Crippen LogP contribution is 2.26. The monoisotopic (exact) mass is 326 g/mol. The molecule has 0 bridgehead atoms. The number of aromatic nitrogens is 1. The smallest absolute Gasteiger partial charge is 0.264 e. The molecule has 1 aromatic heterocycles. The molecule has 0 radical (unpaired) electrons. The number of para-hydroxylation sites is 1. The largest absolute Gasteiger partial charge is 0.483 e. The fourth-order valence-electron chi connectivity index (χ4n) is 2.32. The van der Waals surface area contributed by atoms with E-state index in [1.807, 2.05) is 43.3 Å². The molecule has 1 amide bonds. The van der Waals surface area contributed by atoms with Gasteiger partial charge in [-0.15, -0.1) is 0 Å². The molecule has 0 aliphatic carbocycles. The van der Waals surface area contributed by atoms with E-state index < -0.39 is 0 Å². The molecule has 0 saturated heterocycles. The Morgan fingerprint density at radius 1 is 1.26 bits per heavy atom. The van der Waals surface area contributed by atoms with Gasteiger partial charge < -0.3 is 4.74 Å². The van der Waals surface area contributed by atoms with Gasteiger partial charge in [-0.25, -0.2) is 4.98 Å². The first-order chi connectivity index (χ1) is 11.2. The molecule has 0 atom stereocenters. The minimum atomic E-state index is -0.202. The van der Waals surface area contributed by atoms with E-state index in [4.69, 9.17) is 4.74 Å². The second-order valence-corrected chi connectivity index (χ2v) is 6.32. The standard InChI is InChI=1S/C18H18N2O2S/c1-3-13-6-4-5-7-15(13)22-11-17(21)20-18-19-14-9-8-12(2)10-16(14)23-18/h4-10H,3,11H2,1-2H3,(H,19,20,21). The van der Waals surface area contributed by atoms with Crippen molar-refractivity contribution in [2.24, 2.45) is 0 Å². The summed E-state index contributed by atoms with van der Waals surface area (Å²) in [6, 6.07) is 13.8. The van der Waals surface area contributed by atoms with Crippen LogP contribution in [0.1, 0.15) is 18.1 Å². The summed E-state index contributed by atoms with van der Waals surface area (Å²) in [5.74, 6) is 0.553. The molecule has 23 heavy (non-hydrogen) atoms. The van der Waals surface area contributed by atoms with E-state index in [1.54, 1.807) is 0 Å². The molecule has 3 rings (SSSR count). The number of thiazole rings is 1. The zero-order chi connectivity index (χ0) is 16.2. The number of amides is 1. The van der Waals surface area contributed by atoms with Crippen LogP contribution in [-0.2, 0) is 11.2 Å². The van der Waals surface area contributed by atoms with Crippen molar-refractivity contribution in [3.63, 3.8) is 0 Å². The van der Waals surface area contributed by atoms with Crippen LogP contribution in [0.25, 0.3) is 10.2 Å². The van der Waals surface area contributed by atoms with E-state index in [1.165, 1.54) is 16.9 Å². The van der Waals surface area contributed by atoms with Crippen molar-refractivity contribution in [1.29, 1.82) is 0 Å². The summed E-state index contributed by atoms with van der Waals surface area (Å²) in [6.45, 7) is 4.08. The van der Waals surface area contributed by atoms with E-state index in [-0.39, 0.29) is 12.5 Å². The van der Waals surface area contributed by atoms with Gasteiger partial charge in [0.2, 0.25) is 0 Å². The number of carbonyl (C=O) groups excluding carboxylic acids is 1. The van der Waals surface area contributed by atoms with Crippen molar-refractivity contribution in [1.82, 2.24) is 4.98 Å². The highest BCUT2D eigenvalue weighted by Gasteiger charge is 2.09. The lowest BCUT2D eigenvalue weighted by atomic mass is 10.1. The topological polar surface area (TPSA) is 51.2 Å². The molecule has 3 aromatic rings. The van der Waals surface area contributed by atoms with Crippen LogP contribution in [0.5, 0.6) is 5.75 Å². The van der Waals surface area contributed by atoms with Gasteiger partial charge in [-0.2, -0.15) is 0 Å². The van der Waals surface area contributed by atoms with Gasteiger partial charge >= 0.3 is 0 Å². The van der Waals surface area contributed by atoms with Crippen LogP contribution in [0.3, 0.4) is 0 Å². The van der Waals surface area contributed by atoms with Crippen molar-refractivity contribution in [2.75, 3.05) is 11.9 Å². The maximum Gasteiger partial charge on any atom is 0.264 e. The molecule has 5 heteroatoms. The molecule has 4 nitrogen and oxygen atoms in total. The number of rotatable bonds is 5. The highest BCUT2D eigenvalue weighted by atomic mass is 32.1. The quantitative estimate of drug-likeness (QED) is 0.765. The van der Waals surface area contributed by atoms with E-state index in [2.05, 4.69) is 23.3 Å². The van der Waals surface area contributed by atoms with Crippen LogP contribution in [0.2, 0.25) is 0 Å². The molecule has 2 aromatic carbocycles. The summed E-state index contributed by atoms with van der Waals surface area (Å²) in [5.41, 5.74) is 3.17. The maximum atomic E-state index is 12.1. The number of nitrogens with one attached hydrogen (secondary N) is 1. The minimum Gasteiger partial charge on any atom is -0.483 e. The third-order valence-corrected chi connectivity index (χ3v) is 4.44. The second-order valence-electron chi connectivity index (χ2n) is 5.29. The fraction of sp³-hybridized carbons (Fsp3) is 0.222. The molecule has 118 valence electrons. The first-order valence-corrected chi connectivity index (χ1v) is 8.35. The number of fused-ring (bicyclic) bond motifs is 1. The molecule has 0 unspecified atom stereocenters. The molecule has 1 N–H and O–H groups in total. The average Bonchev–Trinajstić information content (AvgIpc) is 2.94. The van der Waals surface area contributed by atoms with Gasteiger partial charge in [0.15, 0.2) is 11.7 Å². The van der Waals surface area contributed by atoms with Crippen molar-refractivity contribution < 1.29 is 9.53 Å². The van der Waals surface area contributed by atoms with Gasteiger partial charge in [-0.05, 0) is 42.7 Å². The number of benzene rings is 2. The number of hydrogen-bond acceptors (Lipinski definition) is 4. The van der Waals surface area contributed by atoms with Gasteiger partial charge in [-0.1, -0.05) is 42.5 Å². The lowest BCUT2D eigenvalue weighted by molar-refractivity contribution is -0.118. The zero-order valence-electron chi connectivity index (χ0n) is 13.1. The number of aryl methyl sites for hydroxylation is 2. The summed E-state index contributed by atoms with van der Waals surface area (Å²) in [6.07, 6.45) is 0.870. The number of ether oxygens (including phenoxy) is 1. The predicted molar refractivity (Wildman–Crippen MR) is 94.3 cm³/mol. The van der Waals surface area contributed by atoms with Gasteiger partial charge in [0.25, 0.3) is 5.91 Å². The van der Waals surface area contributed by atoms with Crippen LogP contribution >= 0.6 is 11.3 Å². The van der Waals surface area contributed by atoms with Gasteiger partial charge in [0.1, 0.15) is 5.75 Å². The van der Waals surface area contributed by atoms with Crippen LogP contribution in [0.4, 0.5) is 5.13 Å². The molecule has 1 heterocycles. The Kier molecular flexibility index (Phi) is 4.57. The average molecular weight is 326 g/mol. The van der Waals surface area contributed by atoms with Crippen molar-refractivity contribution in [3.8, 4) is 5.75 Å². The minimum absolute atomic E-state index is 0.0219. The molecule has 0 fully saturated rings. The molecule has 0 spiro atoms. The van der Waals surface area contributed by atoms with E-state index in [0.29, 0.717) is 5.13 Å². The number of nitrogens with zero attached hydrogens (tertiary/aromatic N) is 1. The lowest BCUT2D eigenvalue weighted by Gasteiger charge is -2.09. The Labute approximate surface area is 139 Å². The molecular weight excluding hydrogens is 308 g/mol. The van der Waals surface area contributed by atoms with Crippen LogP contribution in [-0.4, -0.2) is 17.5 Å². The molecule has 0 aliphatic heterocycles. The fourth-order valence-corrected chi connectivity index (χ4v) is 3.30. The normalized spacial score (nSPS) is 10.7. The lowest BCUT2D eigenvalue weighted by Crippen LogP contribution is -2.20. The van der Waals surface area contributed by atoms with Crippen molar-refractivity contribution in [2.45, 2.75) is 20.3 Å². The van der Waals surface area contributed by atoms with Crippen LogP contribution in [0, 0.1) is 6.92 Å². The zero-order valence-corrected chi connectivity index (χ0v) is 13.9. The van der Waals surface area contributed by atoms with Crippen molar-refractivity contribution >= 4 is 32.6 Å². The Morgan fingerprint density at radius 2 is 2.09 bits per heavy atom.